The van der Waals surface area contributed by atoms with Crippen molar-refractivity contribution in [1.29, 1.82) is 0 Å². The molecule has 0 spiro atoms. The summed E-state index contributed by atoms with van der Waals surface area (Å²) in [5.74, 6) is 0. The molecule has 6 aromatic carbocycles. The fourth-order valence-corrected chi connectivity index (χ4v) is 5.84. The SMILES string of the molecule is Clc1ccc2c3cc(-c4ccc5oc6ccccc6c5c4)ccc3n(-c3ccc4ccccc4c3)c2c1. The molecule has 0 bridgehead atoms. The Bertz CT molecular complexity index is 2160. The summed E-state index contributed by atoms with van der Waals surface area (Å²) in [4.78, 5) is 0. The van der Waals surface area contributed by atoms with E-state index in [1.165, 1.54) is 32.7 Å². The predicted molar refractivity (Wildman–Crippen MR) is 156 cm³/mol. The van der Waals surface area contributed by atoms with Crippen LogP contribution in [-0.2, 0) is 0 Å². The maximum atomic E-state index is 6.50. The number of benzene rings is 6. The van der Waals surface area contributed by atoms with Crippen LogP contribution in [0.25, 0.3) is 71.3 Å². The van der Waals surface area contributed by atoms with Gasteiger partial charge in [0.1, 0.15) is 11.2 Å². The van der Waals surface area contributed by atoms with Crippen LogP contribution in [0.2, 0.25) is 5.02 Å². The van der Waals surface area contributed by atoms with E-state index in [0.717, 1.165) is 43.7 Å². The number of para-hydroxylation sites is 1. The summed E-state index contributed by atoms with van der Waals surface area (Å²) in [5, 5.41) is 7.85. The molecular formula is C34H20ClNO. The Kier molecular flexibility index (Phi) is 4.31. The van der Waals surface area contributed by atoms with Crippen LogP contribution in [0.1, 0.15) is 0 Å². The zero-order valence-electron chi connectivity index (χ0n) is 19.8. The second-order valence-corrected chi connectivity index (χ2v) is 10.0. The topological polar surface area (TPSA) is 18.1 Å². The fraction of sp³-hybridized carbons (Fsp3) is 0. The van der Waals surface area contributed by atoms with Gasteiger partial charge < -0.3 is 8.98 Å². The van der Waals surface area contributed by atoms with E-state index < -0.39 is 0 Å². The van der Waals surface area contributed by atoms with Gasteiger partial charge in [0, 0.05) is 32.3 Å². The molecular weight excluding hydrogens is 474 g/mol. The third kappa shape index (κ3) is 3.13. The first-order valence-electron chi connectivity index (χ1n) is 12.4. The van der Waals surface area contributed by atoms with Crippen molar-refractivity contribution in [3.63, 3.8) is 0 Å². The van der Waals surface area contributed by atoms with Gasteiger partial charge >= 0.3 is 0 Å². The molecule has 0 fully saturated rings. The van der Waals surface area contributed by atoms with Crippen LogP contribution >= 0.6 is 11.6 Å². The van der Waals surface area contributed by atoms with Crippen LogP contribution in [0.4, 0.5) is 0 Å². The number of nitrogens with zero attached hydrogens (tertiary/aromatic N) is 1. The summed E-state index contributed by atoms with van der Waals surface area (Å²) in [6, 6.07) is 42.7. The first-order chi connectivity index (χ1) is 18.2. The second kappa shape index (κ2) is 7.73. The maximum absolute atomic E-state index is 6.50. The van der Waals surface area contributed by atoms with Gasteiger partial charge in [0.15, 0.2) is 0 Å². The first-order valence-corrected chi connectivity index (χ1v) is 12.8. The smallest absolute Gasteiger partial charge is 0.135 e. The van der Waals surface area contributed by atoms with Crippen molar-refractivity contribution < 1.29 is 4.42 Å². The van der Waals surface area contributed by atoms with E-state index in [2.05, 4.69) is 108 Å². The van der Waals surface area contributed by atoms with Crippen molar-refractivity contribution in [2.75, 3.05) is 0 Å². The molecule has 0 unspecified atom stereocenters. The lowest BCUT2D eigenvalue weighted by Crippen LogP contribution is -1.93. The molecule has 174 valence electrons. The van der Waals surface area contributed by atoms with Gasteiger partial charge in [0.2, 0.25) is 0 Å². The lowest BCUT2D eigenvalue weighted by Gasteiger charge is -2.10. The van der Waals surface area contributed by atoms with E-state index in [-0.39, 0.29) is 0 Å². The lowest BCUT2D eigenvalue weighted by atomic mass is 10.0. The van der Waals surface area contributed by atoms with Crippen molar-refractivity contribution >= 4 is 66.1 Å². The van der Waals surface area contributed by atoms with Gasteiger partial charge in [-0.2, -0.15) is 0 Å². The van der Waals surface area contributed by atoms with Crippen LogP contribution in [0.5, 0.6) is 0 Å². The number of hydrogen-bond acceptors (Lipinski definition) is 1. The predicted octanol–water partition coefficient (Wildman–Crippen LogP) is 10.2. The normalized spacial score (nSPS) is 11.9. The first kappa shape index (κ1) is 20.6. The van der Waals surface area contributed by atoms with E-state index in [1.807, 2.05) is 18.2 Å². The van der Waals surface area contributed by atoms with Crippen molar-refractivity contribution in [2.45, 2.75) is 0 Å². The highest BCUT2D eigenvalue weighted by molar-refractivity contribution is 6.31. The highest BCUT2D eigenvalue weighted by Crippen LogP contribution is 2.38. The number of aromatic nitrogens is 1. The Morgan fingerprint density at radius 1 is 0.486 bits per heavy atom. The number of halogens is 1. The summed E-state index contributed by atoms with van der Waals surface area (Å²) in [6.45, 7) is 0. The molecule has 3 heteroatoms. The monoisotopic (exact) mass is 493 g/mol. The largest absolute Gasteiger partial charge is 0.456 e. The van der Waals surface area contributed by atoms with Crippen molar-refractivity contribution in [3.05, 3.63) is 126 Å². The van der Waals surface area contributed by atoms with E-state index in [0.29, 0.717) is 0 Å². The summed E-state index contributed by atoms with van der Waals surface area (Å²) < 4.78 is 8.37. The molecule has 2 heterocycles. The minimum atomic E-state index is 0.731. The minimum absolute atomic E-state index is 0.731. The number of rotatable bonds is 2. The molecule has 0 radical (unpaired) electrons. The number of fused-ring (bicyclic) bond motifs is 7. The molecule has 0 aliphatic heterocycles. The molecule has 0 aliphatic carbocycles. The van der Waals surface area contributed by atoms with E-state index in [4.69, 9.17) is 16.0 Å². The van der Waals surface area contributed by atoms with Crippen LogP contribution in [0.15, 0.2) is 126 Å². The van der Waals surface area contributed by atoms with E-state index >= 15 is 0 Å². The standard InChI is InChI=1S/C34H20ClNO/c35-25-12-14-27-29-18-23(24-11-16-34-30(19-24)28-7-3-4-8-33(28)37-34)10-15-31(29)36(32(27)20-25)26-13-9-21-5-1-2-6-22(21)17-26/h1-20H. The van der Waals surface area contributed by atoms with Crippen molar-refractivity contribution in [1.82, 2.24) is 4.57 Å². The zero-order chi connectivity index (χ0) is 24.5. The average Bonchev–Trinajstić information content (AvgIpc) is 3.47. The van der Waals surface area contributed by atoms with E-state index in [1.54, 1.807) is 0 Å². The molecule has 2 nitrogen and oxygen atoms in total. The summed E-state index contributed by atoms with van der Waals surface area (Å²) in [6.07, 6.45) is 0. The maximum Gasteiger partial charge on any atom is 0.135 e. The average molecular weight is 494 g/mol. The third-order valence-electron chi connectivity index (χ3n) is 7.43. The van der Waals surface area contributed by atoms with Gasteiger partial charge in [0.25, 0.3) is 0 Å². The quantitative estimate of drug-likeness (QED) is 0.234. The molecule has 0 saturated heterocycles. The van der Waals surface area contributed by atoms with Crippen LogP contribution in [0, 0.1) is 0 Å². The van der Waals surface area contributed by atoms with Gasteiger partial charge in [-0.15, -0.1) is 0 Å². The second-order valence-electron chi connectivity index (χ2n) is 9.57. The number of hydrogen-bond donors (Lipinski definition) is 0. The van der Waals surface area contributed by atoms with Gasteiger partial charge in [-0.1, -0.05) is 78.3 Å². The fourth-order valence-electron chi connectivity index (χ4n) is 5.67. The Hall–Kier alpha value is -4.53. The van der Waals surface area contributed by atoms with Crippen LogP contribution < -0.4 is 0 Å². The van der Waals surface area contributed by atoms with Gasteiger partial charge in [-0.05, 0) is 76.5 Å². The minimum Gasteiger partial charge on any atom is -0.456 e. The Labute approximate surface area is 217 Å². The highest BCUT2D eigenvalue weighted by atomic mass is 35.5. The summed E-state index contributed by atoms with van der Waals surface area (Å²) in [5.41, 5.74) is 7.56. The third-order valence-corrected chi connectivity index (χ3v) is 7.66. The van der Waals surface area contributed by atoms with Crippen molar-refractivity contribution in [3.8, 4) is 16.8 Å². The van der Waals surface area contributed by atoms with E-state index in [9.17, 15) is 0 Å². The molecule has 0 saturated carbocycles. The molecule has 2 aromatic heterocycles. The Morgan fingerprint density at radius 3 is 2.16 bits per heavy atom. The van der Waals surface area contributed by atoms with Crippen LogP contribution in [0.3, 0.4) is 0 Å². The molecule has 0 amide bonds. The summed E-state index contributed by atoms with van der Waals surface area (Å²) >= 11 is 6.50. The molecule has 0 N–H and O–H groups in total. The molecule has 0 aliphatic rings. The zero-order valence-corrected chi connectivity index (χ0v) is 20.5. The van der Waals surface area contributed by atoms with Gasteiger partial charge in [0.05, 0.1) is 11.0 Å². The highest BCUT2D eigenvalue weighted by Gasteiger charge is 2.15. The van der Waals surface area contributed by atoms with Gasteiger partial charge in [-0.3, -0.25) is 0 Å². The summed E-state index contributed by atoms with van der Waals surface area (Å²) in [7, 11) is 0. The molecule has 0 atom stereocenters. The Morgan fingerprint density at radius 2 is 1.24 bits per heavy atom. The molecule has 8 aromatic rings. The number of furan rings is 1. The lowest BCUT2D eigenvalue weighted by molar-refractivity contribution is 0.669. The molecule has 8 rings (SSSR count). The molecule has 37 heavy (non-hydrogen) atoms. The van der Waals surface area contributed by atoms with Crippen LogP contribution in [-0.4, -0.2) is 4.57 Å². The Balaban J connectivity index is 1.38. The van der Waals surface area contributed by atoms with Gasteiger partial charge in [-0.25, -0.2) is 0 Å². The van der Waals surface area contributed by atoms with Crippen molar-refractivity contribution in [2.24, 2.45) is 0 Å².